The predicted molar refractivity (Wildman–Crippen MR) is 118 cm³/mol. The molecule has 2 rings (SSSR count). The molecule has 3 N–H and O–H groups in total. The molecule has 0 spiro atoms. The zero-order chi connectivity index (χ0) is 21.6. The van der Waals surface area contributed by atoms with Gasteiger partial charge in [0.25, 0.3) is 11.5 Å². The van der Waals surface area contributed by atoms with Gasteiger partial charge in [-0.15, -0.1) is 0 Å². The van der Waals surface area contributed by atoms with E-state index < -0.39 is 17.2 Å². The Morgan fingerprint density at radius 1 is 1.28 bits per heavy atom. The zero-order valence-electron chi connectivity index (χ0n) is 16.9. The molecule has 0 saturated heterocycles. The zero-order valence-corrected chi connectivity index (χ0v) is 17.7. The molecule has 1 aromatic carbocycles. The van der Waals surface area contributed by atoms with Crippen LogP contribution < -0.4 is 21.9 Å². The SMILES string of the molecule is CCCCn1c(N)c(N(CC(C)C)C(=O)/C=C/c2ccc(Cl)cc2)c(=O)[nH]c1=O. The number of unbranched alkanes of at least 4 members (excludes halogenated alkanes) is 1. The van der Waals surface area contributed by atoms with Crippen molar-refractivity contribution in [3.63, 3.8) is 0 Å². The number of hydrogen-bond acceptors (Lipinski definition) is 4. The molecule has 0 bridgehead atoms. The van der Waals surface area contributed by atoms with Gasteiger partial charge in [-0.3, -0.25) is 19.1 Å². The summed E-state index contributed by atoms with van der Waals surface area (Å²) in [6.45, 7) is 6.50. The third-order valence-electron chi connectivity index (χ3n) is 4.32. The van der Waals surface area contributed by atoms with Gasteiger partial charge in [0.15, 0.2) is 5.69 Å². The lowest BCUT2D eigenvalue weighted by Gasteiger charge is -2.25. The molecule has 1 heterocycles. The minimum absolute atomic E-state index is 0.000147. The van der Waals surface area contributed by atoms with Crippen molar-refractivity contribution < 1.29 is 4.79 Å². The summed E-state index contributed by atoms with van der Waals surface area (Å²) >= 11 is 5.88. The van der Waals surface area contributed by atoms with Crippen LogP contribution in [-0.2, 0) is 11.3 Å². The number of carbonyl (C=O) groups is 1. The Hall–Kier alpha value is -2.80. The van der Waals surface area contributed by atoms with Crippen LogP contribution in [0.15, 0.2) is 39.9 Å². The molecular weight excluding hydrogens is 392 g/mol. The van der Waals surface area contributed by atoms with Crippen molar-refractivity contribution in [1.82, 2.24) is 9.55 Å². The highest BCUT2D eigenvalue weighted by molar-refractivity contribution is 6.30. The van der Waals surface area contributed by atoms with Gasteiger partial charge in [-0.2, -0.15) is 0 Å². The maximum Gasteiger partial charge on any atom is 0.330 e. The number of benzene rings is 1. The number of aromatic nitrogens is 2. The van der Waals surface area contributed by atoms with Crippen molar-refractivity contribution in [1.29, 1.82) is 0 Å². The van der Waals surface area contributed by atoms with E-state index >= 15 is 0 Å². The van der Waals surface area contributed by atoms with Crippen LogP contribution in [0.5, 0.6) is 0 Å². The van der Waals surface area contributed by atoms with Crippen molar-refractivity contribution in [2.24, 2.45) is 5.92 Å². The van der Waals surface area contributed by atoms with Crippen molar-refractivity contribution in [3.8, 4) is 0 Å². The third kappa shape index (κ3) is 5.84. The Bertz CT molecular complexity index is 990. The monoisotopic (exact) mass is 418 g/mol. The van der Waals surface area contributed by atoms with E-state index in [1.54, 1.807) is 30.3 Å². The number of hydrogen-bond donors (Lipinski definition) is 2. The van der Waals surface area contributed by atoms with Crippen LogP contribution in [0, 0.1) is 5.92 Å². The number of carbonyl (C=O) groups excluding carboxylic acids is 1. The highest BCUT2D eigenvalue weighted by Crippen LogP contribution is 2.20. The summed E-state index contributed by atoms with van der Waals surface area (Å²) < 4.78 is 1.31. The highest BCUT2D eigenvalue weighted by atomic mass is 35.5. The van der Waals surface area contributed by atoms with Crippen LogP contribution in [-0.4, -0.2) is 22.0 Å². The second-order valence-electron chi connectivity index (χ2n) is 7.23. The minimum atomic E-state index is -0.672. The fraction of sp³-hybridized carbons (Fsp3) is 0.381. The lowest BCUT2D eigenvalue weighted by molar-refractivity contribution is -0.114. The number of nitrogen functional groups attached to an aromatic ring is 1. The maximum atomic E-state index is 13.0. The molecule has 0 aliphatic carbocycles. The smallest absolute Gasteiger partial charge is 0.330 e. The molecule has 8 heteroatoms. The lowest BCUT2D eigenvalue weighted by atomic mass is 10.1. The molecule has 0 aliphatic heterocycles. The molecule has 0 unspecified atom stereocenters. The summed E-state index contributed by atoms with van der Waals surface area (Å²) in [6.07, 6.45) is 4.61. The van der Waals surface area contributed by atoms with Crippen molar-refractivity contribution in [2.45, 2.75) is 40.2 Å². The molecule has 0 saturated carbocycles. The Kier molecular flexibility index (Phi) is 7.84. The number of anilines is 2. The van der Waals surface area contributed by atoms with Crippen LogP contribution in [0.3, 0.4) is 0 Å². The topological polar surface area (TPSA) is 101 Å². The van der Waals surface area contributed by atoms with Gasteiger partial charge in [-0.25, -0.2) is 4.79 Å². The van der Waals surface area contributed by atoms with Crippen molar-refractivity contribution in [3.05, 3.63) is 61.8 Å². The number of nitrogens with zero attached hydrogens (tertiary/aromatic N) is 2. The van der Waals surface area contributed by atoms with E-state index in [1.165, 1.54) is 15.5 Å². The number of halogens is 1. The van der Waals surface area contributed by atoms with Crippen LogP contribution in [0.2, 0.25) is 5.02 Å². The summed E-state index contributed by atoms with van der Waals surface area (Å²) in [4.78, 5) is 41.3. The number of nitrogens with one attached hydrogen (secondary N) is 1. The number of H-pyrrole nitrogens is 1. The van der Waals surface area contributed by atoms with E-state index in [2.05, 4.69) is 4.98 Å². The molecule has 1 aromatic heterocycles. The standard InChI is InChI=1S/C21H27ClN4O3/c1-4-5-12-25-19(23)18(20(28)24-21(25)29)26(13-14(2)3)17(27)11-8-15-6-9-16(22)10-7-15/h6-11,14H,4-5,12-13,23H2,1-3H3,(H,24,28,29)/b11-8+. The van der Waals surface area contributed by atoms with Gasteiger partial charge in [0, 0.05) is 24.2 Å². The first-order valence-electron chi connectivity index (χ1n) is 9.62. The summed E-state index contributed by atoms with van der Waals surface area (Å²) in [6, 6.07) is 7.02. The lowest BCUT2D eigenvalue weighted by Crippen LogP contribution is -2.42. The maximum absolute atomic E-state index is 13.0. The molecule has 0 aliphatic rings. The third-order valence-corrected chi connectivity index (χ3v) is 4.57. The molecule has 29 heavy (non-hydrogen) atoms. The van der Waals surface area contributed by atoms with E-state index in [1.807, 2.05) is 20.8 Å². The summed E-state index contributed by atoms with van der Waals surface area (Å²) in [5.41, 5.74) is 5.73. The average molecular weight is 419 g/mol. The Labute approximate surface area is 174 Å². The van der Waals surface area contributed by atoms with E-state index in [4.69, 9.17) is 17.3 Å². The first-order valence-corrected chi connectivity index (χ1v) is 10.00. The van der Waals surface area contributed by atoms with E-state index in [0.29, 0.717) is 11.6 Å². The van der Waals surface area contributed by atoms with Gasteiger partial charge in [0.1, 0.15) is 5.82 Å². The summed E-state index contributed by atoms with van der Waals surface area (Å²) in [5, 5.41) is 0.601. The van der Waals surface area contributed by atoms with Crippen LogP contribution in [0.25, 0.3) is 6.08 Å². The van der Waals surface area contributed by atoms with Crippen LogP contribution >= 0.6 is 11.6 Å². The van der Waals surface area contributed by atoms with E-state index in [-0.39, 0.29) is 24.0 Å². The number of nitrogens with two attached hydrogens (primary N) is 1. The fourth-order valence-corrected chi connectivity index (χ4v) is 2.99. The van der Waals surface area contributed by atoms with Gasteiger partial charge in [0.2, 0.25) is 0 Å². The Morgan fingerprint density at radius 2 is 1.93 bits per heavy atom. The quantitative estimate of drug-likeness (QED) is 0.642. The van der Waals surface area contributed by atoms with E-state index in [9.17, 15) is 14.4 Å². The van der Waals surface area contributed by atoms with Gasteiger partial charge < -0.3 is 10.6 Å². The summed E-state index contributed by atoms with van der Waals surface area (Å²) in [5.74, 6) is -0.315. The second kappa shape index (κ2) is 10.1. The Morgan fingerprint density at radius 3 is 2.52 bits per heavy atom. The molecule has 0 radical (unpaired) electrons. The molecule has 7 nitrogen and oxygen atoms in total. The molecule has 0 fully saturated rings. The normalized spacial score (nSPS) is 11.3. The van der Waals surface area contributed by atoms with Crippen molar-refractivity contribution in [2.75, 3.05) is 17.2 Å². The molecule has 0 atom stereocenters. The largest absolute Gasteiger partial charge is 0.383 e. The highest BCUT2D eigenvalue weighted by Gasteiger charge is 2.23. The molecule has 1 amide bonds. The molecular formula is C21H27ClN4O3. The van der Waals surface area contributed by atoms with Gasteiger partial charge in [0.05, 0.1) is 0 Å². The Balaban J connectivity index is 2.46. The van der Waals surface area contributed by atoms with Gasteiger partial charge in [-0.05, 0) is 36.1 Å². The molecule has 2 aromatic rings. The fourth-order valence-electron chi connectivity index (χ4n) is 2.86. The van der Waals surface area contributed by atoms with Crippen LogP contribution in [0.4, 0.5) is 11.5 Å². The first-order chi connectivity index (χ1) is 13.7. The van der Waals surface area contributed by atoms with Crippen LogP contribution in [0.1, 0.15) is 39.2 Å². The average Bonchev–Trinajstić information content (AvgIpc) is 2.66. The van der Waals surface area contributed by atoms with Gasteiger partial charge in [-0.1, -0.05) is 50.9 Å². The number of aromatic amines is 1. The number of amides is 1. The second-order valence-corrected chi connectivity index (χ2v) is 7.66. The van der Waals surface area contributed by atoms with E-state index in [0.717, 1.165) is 18.4 Å². The van der Waals surface area contributed by atoms with Crippen molar-refractivity contribution >= 4 is 35.1 Å². The molecule has 156 valence electrons. The first kappa shape index (κ1) is 22.5. The minimum Gasteiger partial charge on any atom is -0.383 e. The summed E-state index contributed by atoms with van der Waals surface area (Å²) in [7, 11) is 0. The van der Waals surface area contributed by atoms with Gasteiger partial charge >= 0.3 is 5.69 Å². The number of rotatable bonds is 8. The predicted octanol–water partition coefficient (Wildman–Crippen LogP) is 3.27.